The molecule has 0 spiro atoms. The van der Waals surface area contributed by atoms with Gasteiger partial charge in [0.2, 0.25) is 0 Å². The molecular formula is C30H38N4O4. The number of ether oxygens (including phenoxy) is 1. The molecule has 0 unspecified atom stereocenters. The maximum absolute atomic E-state index is 12.5. The van der Waals surface area contributed by atoms with Gasteiger partial charge < -0.3 is 24.7 Å². The van der Waals surface area contributed by atoms with E-state index < -0.39 is 0 Å². The third kappa shape index (κ3) is 6.74. The second-order valence-electron chi connectivity index (χ2n) is 10.4. The predicted octanol–water partition coefficient (Wildman–Crippen LogP) is 4.09. The molecule has 2 aliphatic heterocycles. The second-order valence-corrected chi connectivity index (χ2v) is 10.4. The standard InChI is InChI=1S/C30H38N4O4/c1-37-25-9-10-28-26(19-25)27(20-29(35)38-28)32-24-11-16-34(17-12-24)21-22-5-7-23(8-6-22)30(36)31-13-18-33-14-3-2-4-15-33/h5-10,19-20,24,32H,2-4,11-18,21H2,1H3,(H,31,36). The average molecular weight is 519 g/mol. The number of fused-ring (bicyclic) bond motifs is 1. The Bertz CT molecular complexity index is 1280. The molecule has 0 bridgehead atoms. The molecule has 2 aliphatic rings. The van der Waals surface area contributed by atoms with Crippen molar-refractivity contribution in [3.05, 3.63) is 70.1 Å². The van der Waals surface area contributed by atoms with E-state index in [1.165, 1.54) is 30.9 Å². The number of carbonyl (C=O) groups excluding carboxylic acids is 1. The minimum absolute atomic E-state index is 0.000501. The van der Waals surface area contributed by atoms with Crippen LogP contribution in [0.4, 0.5) is 5.69 Å². The van der Waals surface area contributed by atoms with Crippen LogP contribution in [0.3, 0.4) is 0 Å². The second kappa shape index (κ2) is 12.5. The normalized spacial score (nSPS) is 17.4. The summed E-state index contributed by atoms with van der Waals surface area (Å²) in [7, 11) is 1.63. The molecule has 8 nitrogen and oxygen atoms in total. The summed E-state index contributed by atoms with van der Waals surface area (Å²) in [5.74, 6) is 0.728. The number of nitrogens with zero attached hydrogens (tertiary/aromatic N) is 2. The highest BCUT2D eigenvalue weighted by Crippen LogP contribution is 2.28. The van der Waals surface area contributed by atoms with Crippen molar-refractivity contribution >= 4 is 22.6 Å². The molecule has 0 saturated carbocycles. The van der Waals surface area contributed by atoms with Gasteiger partial charge in [0, 0.05) is 55.8 Å². The molecular weight excluding hydrogens is 480 g/mol. The van der Waals surface area contributed by atoms with Gasteiger partial charge in [0.25, 0.3) is 5.91 Å². The van der Waals surface area contributed by atoms with Crippen molar-refractivity contribution in [3.8, 4) is 5.75 Å². The number of carbonyl (C=O) groups is 1. The Hall–Kier alpha value is -3.36. The van der Waals surface area contributed by atoms with Crippen molar-refractivity contribution in [2.45, 2.75) is 44.7 Å². The molecule has 2 N–H and O–H groups in total. The van der Waals surface area contributed by atoms with Gasteiger partial charge >= 0.3 is 5.63 Å². The Balaban J connectivity index is 1.09. The molecule has 2 aromatic carbocycles. The first kappa shape index (κ1) is 26.3. The zero-order chi connectivity index (χ0) is 26.3. The van der Waals surface area contributed by atoms with Gasteiger partial charge in [0.15, 0.2) is 0 Å². The van der Waals surface area contributed by atoms with Crippen molar-refractivity contribution < 1.29 is 13.9 Å². The number of hydrogen-bond acceptors (Lipinski definition) is 7. The minimum Gasteiger partial charge on any atom is -0.497 e. The Morgan fingerprint density at radius 3 is 2.47 bits per heavy atom. The lowest BCUT2D eigenvalue weighted by molar-refractivity contribution is 0.0946. The van der Waals surface area contributed by atoms with E-state index in [0.29, 0.717) is 17.7 Å². The summed E-state index contributed by atoms with van der Waals surface area (Å²) in [6.45, 7) is 6.69. The molecule has 38 heavy (non-hydrogen) atoms. The largest absolute Gasteiger partial charge is 0.497 e. The lowest BCUT2D eigenvalue weighted by atomic mass is 10.0. The number of amides is 1. The third-order valence-electron chi connectivity index (χ3n) is 7.68. The maximum atomic E-state index is 12.5. The first-order chi connectivity index (χ1) is 18.6. The van der Waals surface area contributed by atoms with Crippen LogP contribution in [-0.4, -0.2) is 68.1 Å². The lowest BCUT2D eigenvalue weighted by Gasteiger charge is -2.33. The van der Waals surface area contributed by atoms with E-state index in [1.54, 1.807) is 19.2 Å². The molecule has 0 aliphatic carbocycles. The fourth-order valence-electron chi connectivity index (χ4n) is 5.48. The van der Waals surface area contributed by atoms with Crippen LogP contribution in [-0.2, 0) is 6.54 Å². The highest BCUT2D eigenvalue weighted by Gasteiger charge is 2.21. The van der Waals surface area contributed by atoms with Gasteiger partial charge in [-0.05, 0) is 74.7 Å². The Labute approximate surface area is 223 Å². The van der Waals surface area contributed by atoms with Gasteiger partial charge in [-0.1, -0.05) is 18.6 Å². The van der Waals surface area contributed by atoms with E-state index in [0.717, 1.165) is 68.9 Å². The first-order valence-electron chi connectivity index (χ1n) is 13.8. The van der Waals surface area contributed by atoms with E-state index in [4.69, 9.17) is 9.15 Å². The first-order valence-corrected chi connectivity index (χ1v) is 13.8. The summed E-state index contributed by atoms with van der Waals surface area (Å²) in [5.41, 5.74) is 2.91. The zero-order valence-corrected chi connectivity index (χ0v) is 22.2. The molecule has 5 rings (SSSR count). The molecule has 2 fully saturated rings. The quantitative estimate of drug-likeness (QED) is 0.413. The van der Waals surface area contributed by atoms with Crippen LogP contribution in [0.1, 0.15) is 48.0 Å². The number of benzene rings is 2. The molecule has 2 saturated heterocycles. The van der Waals surface area contributed by atoms with Crippen molar-refractivity contribution in [2.75, 3.05) is 51.7 Å². The van der Waals surface area contributed by atoms with Gasteiger partial charge in [-0.3, -0.25) is 9.69 Å². The van der Waals surface area contributed by atoms with E-state index in [2.05, 4.69) is 32.6 Å². The molecule has 3 heterocycles. The van der Waals surface area contributed by atoms with Gasteiger partial charge in [0.1, 0.15) is 11.3 Å². The fraction of sp³-hybridized carbons (Fsp3) is 0.467. The van der Waals surface area contributed by atoms with Crippen molar-refractivity contribution in [2.24, 2.45) is 0 Å². The van der Waals surface area contributed by atoms with Crippen LogP contribution in [0, 0.1) is 0 Å². The molecule has 0 radical (unpaired) electrons. The van der Waals surface area contributed by atoms with Gasteiger partial charge in [-0.15, -0.1) is 0 Å². The van der Waals surface area contributed by atoms with E-state index in [9.17, 15) is 9.59 Å². The van der Waals surface area contributed by atoms with Crippen LogP contribution in [0.2, 0.25) is 0 Å². The van der Waals surface area contributed by atoms with Gasteiger partial charge in [-0.25, -0.2) is 4.79 Å². The summed E-state index contributed by atoms with van der Waals surface area (Å²) >= 11 is 0. The van der Waals surface area contributed by atoms with E-state index >= 15 is 0 Å². The molecule has 3 aromatic rings. The van der Waals surface area contributed by atoms with Crippen molar-refractivity contribution in [1.29, 1.82) is 0 Å². The highest BCUT2D eigenvalue weighted by molar-refractivity contribution is 5.94. The molecule has 1 amide bonds. The van der Waals surface area contributed by atoms with Crippen LogP contribution in [0.25, 0.3) is 11.0 Å². The molecule has 1 aromatic heterocycles. The van der Waals surface area contributed by atoms with E-state index in [-0.39, 0.29) is 17.6 Å². The summed E-state index contributed by atoms with van der Waals surface area (Å²) in [5, 5.41) is 7.48. The number of anilines is 1. The van der Waals surface area contributed by atoms with Crippen molar-refractivity contribution in [1.82, 2.24) is 15.1 Å². The van der Waals surface area contributed by atoms with Crippen LogP contribution < -0.4 is 21.0 Å². The number of piperidine rings is 2. The number of nitrogens with one attached hydrogen (secondary N) is 2. The number of rotatable bonds is 9. The van der Waals surface area contributed by atoms with Crippen molar-refractivity contribution in [3.63, 3.8) is 0 Å². The minimum atomic E-state index is -0.360. The predicted molar refractivity (Wildman–Crippen MR) is 150 cm³/mol. The lowest BCUT2D eigenvalue weighted by Crippen LogP contribution is -2.38. The number of likely N-dealkylation sites (tertiary alicyclic amines) is 2. The Kier molecular flexibility index (Phi) is 8.61. The average Bonchev–Trinajstić information content (AvgIpc) is 2.95. The Morgan fingerprint density at radius 1 is 0.974 bits per heavy atom. The molecule has 202 valence electrons. The summed E-state index contributed by atoms with van der Waals surface area (Å²) < 4.78 is 10.7. The van der Waals surface area contributed by atoms with E-state index in [1.807, 2.05) is 18.2 Å². The summed E-state index contributed by atoms with van der Waals surface area (Å²) in [6.07, 6.45) is 5.81. The Morgan fingerprint density at radius 2 is 1.74 bits per heavy atom. The highest BCUT2D eigenvalue weighted by atomic mass is 16.5. The van der Waals surface area contributed by atoms with Crippen LogP contribution >= 0.6 is 0 Å². The molecule has 0 atom stereocenters. The number of methoxy groups -OCH3 is 1. The molecule has 8 heteroatoms. The van der Waals surface area contributed by atoms with Gasteiger partial charge in [0.05, 0.1) is 12.8 Å². The number of hydrogen-bond donors (Lipinski definition) is 2. The maximum Gasteiger partial charge on any atom is 0.338 e. The van der Waals surface area contributed by atoms with Crippen LogP contribution in [0.5, 0.6) is 5.75 Å². The SMILES string of the molecule is COc1ccc2oc(=O)cc(NC3CCN(Cc4ccc(C(=O)NCCN5CCCCC5)cc4)CC3)c2c1. The smallest absolute Gasteiger partial charge is 0.338 e. The zero-order valence-electron chi connectivity index (χ0n) is 22.2. The van der Waals surface area contributed by atoms with Gasteiger partial charge in [-0.2, -0.15) is 0 Å². The summed E-state index contributed by atoms with van der Waals surface area (Å²) in [6, 6.07) is 15.3. The fourth-order valence-corrected chi connectivity index (χ4v) is 5.48. The summed E-state index contributed by atoms with van der Waals surface area (Å²) in [4.78, 5) is 29.5. The van der Waals surface area contributed by atoms with Crippen LogP contribution in [0.15, 0.2) is 57.7 Å². The third-order valence-corrected chi connectivity index (χ3v) is 7.68. The monoisotopic (exact) mass is 518 g/mol. The topological polar surface area (TPSA) is 87.0 Å².